The number of imidazole rings is 1. The van der Waals surface area contributed by atoms with Gasteiger partial charge < -0.3 is 20.5 Å². The fourth-order valence-electron chi connectivity index (χ4n) is 4.16. The minimum absolute atomic E-state index is 0.0508. The number of nitrogens with two attached hydrogens (primary N) is 1. The number of hydrogen-bond donors (Lipinski definition) is 2. The zero-order valence-corrected chi connectivity index (χ0v) is 20.7. The van der Waals surface area contributed by atoms with Gasteiger partial charge in [-0.1, -0.05) is 35.3 Å². The molecule has 0 unspecified atom stereocenters. The first-order valence-corrected chi connectivity index (χ1v) is 12.2. The number of ether oxygens (including phenoxy) is 2. The van der Waals surface area contributed by atoms with Gasteiger partial charge >= 0.3 is 0 Å². The molecule has 34 heavy (non-hydrogen) atoms. The molecule has 3 N–H and O–H groups in total. The average molecular weight is 504 g/mol. The monoisotopic (exact) mass is 503 g/mol. The molecule has 0 saturated heterocycles. The predicted molar refractivity (Wildman–Crippen MR) is 135 cm³/mol. The molecule has 180 valence electrons. The average Bonchev–Trinajstić information content (AvgIpc) is 3.40. The molecule has 2 heterocycles. The standard InChI is InChI=1S/C25H28Cl2N4O3/c1-30-20-14-18(26)19(27)15-21(20)31(13-4-2-3-8-23(32)29-12-11-28)24(30)10-9-17-6-5-7-22-25(17)34-16-33-22/h5-7,9-10,14-15H,2-4,8,11-13,16,28H2,1H3/p+1/b10-9+. The zero-order chi connectivity index (χ0) is 24.1. The van der Waals surface area contributed by atoms with Crippen molar-refractivity contribution in [2.24, 2.45) is 12.8 Å². The van der Waals surface area contributed by atoms with Crippen molar-refractivity contribution in [3.05, 3.63) is 51.8 Å². The molecule has 1 amide bonds. The largest absolute Gasteiger partial charge is 0.454 e. The highest BCUT2D eigenvalue weighted by atomic mass is 35.5. The number of nitrogens with one attached hydrogen (secondary N) is 1. The lowest BCUT2D eigenvalue weighted by atomic mass is 10.1. The van der Waals surface area contributed by atoms with Crippen LogP contribution in [0.25, 0.3) is 23.2 Å². The van der Waals surface area contributed by atoms with Crippen molar-refractivity contribution in [2.75, 3.05) is 19.9 Å². The molecule has 9 heteroatoms. The molecule has 4 rings (SSSR count). The molecule has 0 bridgehead atoms. The molecule has 0 spiro atoms. The van der Waals surface area contributed by atoms with E-state index in [0.29, 0.717) is 29.6 Å². The van der Waals surface area contributed by atoms with E-state index in [1.54, 1.807) is 0 Å². The summed E-state index contributed by atoms with van der Waals surface area (Å²) in [5.41, 5.74) is 8.38. The summed E-state index contributed by atoms with van der Waals surface area (Å²) in [7, 11) is 2.01. The van der Waals surface area contributed by atoms with Crippen molar-refractivity contribution in [3.63, 3.8) is 0 Å². The fraction of sp³-hybridized carbons (Fsp3) is 0.360. The summed E-state index contributed by atoms with van der Waals surface area (Å²) in [6.07, 6.45) is 7.29. The number of carbonyl (C=O) groups is 1. The van der Waals surface area contributed by atoms with Gasteiger partial charge in [-0.25, -0.2) is 9.13 Å². The number of aromatic nitrogens is 2. The second kappa shape index (κ2) is 11.1. The lowest BCUT2D eigenvalue weighted by molar-refractivity contribution is -0.647. The summed E-state index contributed by atoms with van der Waals surface area (Å²) in [4.78, 5) is 11.8. The molecule has 0 aliphatic carbocycles. The molecule has 0 saturated carbocycles. The summed E-state index contributed by atoms with van der Waals surface area (Å²) in [5.74, 6) is 2.56. The number of amides is 1. The van der Waals surface area contributed by atoms with Crippen molar-refractivity contribution in [1.82, 2.24) is 9.88 Å². The van der Waals surface area contributed by atoms with Gasteiger partial charge in [0.05, 0.1) is 23.6 Å². The molecule has 1 aromatic heterocycles. The summed E-state index contributed by atoms with van der Waals surface area (Å²) in [6.45, 7) is 1.99. The number of unbranched alkanes of at least 4 members (excludes halogenated alkanes) is 2. The third-order valence-corrected chi connectivity index (χ3v) is 6.60. The number of carbonyl (C=O) groups excluding carboxylic acids is 1. The third-order valence-electron chi connectivity index (χ3n) is 5.88. The maximum absolute atomic E-state index is 11.8. The van der Waals surface area contributed by atoms with Crippen LogP contribution in [-0.4, -0.2) is 30.4 Å². The molecular formula is C25H29Cl2N4O3+. The van der Waals surface area contributed by atoms with Gasteiger partial charge in [-0.2, -0.15) is 0 Å². The SMILES string of the molecule is C[n+]1c(/C=C/c2cccc3c2OCO3)n(CCCCCC(=O)NCCN)c2cc(Cl)c(Cl)cc21. The fourth-order valence-corrected chi connectivity index (χ4v) is 4.47. The first kappa shape index (κ1) is 24.4. The van der Waals surface area contributed by atoms with E-state index in [0.717, 1.165) is 59.7 Å². The van der Waals surface area contributed by atoms with E-state index in [1.807, 2.05) is 43.5 Å². The normalized spacial score (nSPS) is 12.7. The van der Waals surface area contributed by atoms with Crippen LogP contribution in [0.15, 0.2) is 30.3 Å². The van der Waals surface area contributed by atoms with Crippen molar-refractivity contribution < 1.29 is 18.8 Å². The Kier molecular flexibility index (Phi) is 7.98. The Morgan fingerprint density at radius 2 is 2.00 bits per heavy atom. The number of aryl methyl sites for hydroxylation is 2. The molecule has 0 radical (unpaired) electrons. The minimum atomic E-state index is 0.0508. The molecule has 7 nitrogen and oxygen atoms in total. The molecular weight excluding hydrogens is 475 g/mol. The van der Waals surface area contributed by atoms with E-state index in [2.05, 4.69) is 20.5 Å². The first-order valence-electron chi connectivity index (χ1n) is 11.4. The van der Waals surface area contributed by atoms with E-state index in [1.165, 1.54) is 0 Å². The summed E-state index contributed by atoms with van der Waals surface area (Å²) in [6, 6.07) is 9.66. The molecule has 0 fully saturated rings. The van der Waals surface area contributed by atoms with Gasteiger partial charge in [-0.05, 0) is 31.4 Å². The lowest BCUT2D eigenvalue weighted by Crippen LogP contribution is -2.31. The number of hydrogen-bond acceptors (Lipinski definition) is 4. The Morgan fingerprint density at radius 1 is 1.18 bits per heavy atom. The van der Waals surface area contributed by atoms with Gasteiger partial charge in [0.2, 0.25) is 12.7 Å². The van der Waals surface area contributed by atoms with Crippen LogP contribution >= 0.6 is 23.2 Å². The van der Waals surface area contributed by atoms with Crippen LogP contribution in [0.5, 0.6) is 11.5 Å². The Labute approximate surface area is 209 Å². The Bertz CT molecular complexity index is 1220. The van der Waals surface area contributed by atoms with Crippen LogP contribution in [0.2, 0.25) is 10.0 Å². The number of benzene rings is 2. The van der Waals surface area contributed by atoms with Crippen LogP contribution in [-0.2, 0) is 18.4 Å². The predicted octanol–water partition coefficient (Wildman–Crippen LogP) is 4.31. The van der Waals surface area contributed by atoms with Crippen LogP contribution in [0.4, 0.5) is 0 Å². The molecule has 0 atom stereocenters. The second-order valence-electron chi connectivity index (χ2n) is 8.19. The van der Waals surface area contributed by atoms with Crippen molar-refractivity contribution in [2.45, 2.75) is 32.2 Å². The van der Waals surface area contributed by atoms with Gasteiger partial charge in [-0.3, -0.25) is 4.79 Å². The highest BCUT2D eigenvalue weighted by Gasteiger charge is 2.23. The minimum Gasteiger partial charge on any atom is -0.454 e. The van der Waals surface area contributed by atoms with Crippen LogP contribution < -0.4 is 25.1 Å². The van der Waals surface area contributed by atoms with Gasteiger partial charge in [0.25, 0.3) is 5.82 Å². The summed E-state index contributed by atoms with van der Waals surface area (Å²) in [5, 5.41) is 3.85. The number of nitrogens with zero attached hydrogens (tertiary/aromatic N) is 2. The number of fused-ring (bicyclic) bond motifs is 2. The number of rotatable bonds is 10. The topological polar surface area (TPSA) is 82.4 Å². The van der Waals surface area contributed by atoms with E-state index in [4.69, 9.17) is 38.4 Å². The molecule has 1 aliphatic rings. The van der Waals surface area contributed by atoms with Gasteiger partial charge in [-0.15, -0.1) is 0 Å². The Balaban J connectivity index is 1.56. The van der Waals surface area contributed by atoms with Crippen molar-refractivity contribution >= 4 is 52.3 Å². The van der Waals surface area contributed by atoms with Crippen LogP contribution in [0, 0.1) is 0 Å². The highest BCUT2D eigenvalue weighted by Crippen LogP contribution is 2.36. The van der Waals surface area contributed by atoms with E-state index in [9.17, 15) is 4.79 Å². The number of halogens is 2. The van der Waals surface area contributed by atoms with Gasteiger partial charge in [0.15, 0.2) is 22.5 Å². The Morgan fingerprint density at radius 3 is 2.82 bits per heavy atom. The van der Waals surface area contributed by atoms with Crippen molar-refractivity contribution in [3.8, 4) is 11.5 Å². The maximum Gasteiger partial charge on any atom is 0.282 e. The van der Waals surface area contributed by atoms with Crippen molar-refractivity contribution in [1.29, 1.82) is 0 Å². The quantitative estimate of drug-likeness (QED) is 0.319. The molecule has 3 aromatic rings. The van der Waals surface area contributed by atoms with Gasteiger partial charge in [0, 0.05) is 43.3 Å². The zero-order valence-electron chi connectivity index (χ0n) is 19.2. The summed E-state index contributed by atoms with van der Waals surface area (Å²) < 4.78 is 15.5. The maximum atomic E-state index is 11.8. The Hall–Kier alpha value is -2.74. The molecule has 1 aliphatic heterocycles. The van der Waals surface area contributed by atoms with E-state index >= 15 is 0 Å². The molecule has 2 aromatic carbocycles. The smallest absolute Gasteiger partial charge is 0.282 e. The third kappa shape index (κ3) is 5.32. The van der Waals surface area contributed by atoms with Crippen LogP contribution in [0.1, 0.15) is 37.1 Å². The van der Waals surface area contributed by atoms with E-state index < -0.39 is 0 Å². The van der Waals surface area contributed by atoms with Crippen LogP contribution in [0.3, 0.4) is 0 Å². The highest BCUT2D eigenvalue weighted by molar-refractivity contribution is 6.42. The lowest BCUT2D eigenvalue weighted by Gasteiger charge is -2.04. The number of para-hydroxylation sites is 1. The summed E-state index contributed by atoms with van der Waals surface area (Å²) >= 11 is 12.7. The van der Waals surface area contributed by atoms with Gasteiger partial charge in [0.1, 0.15) is 0 Å². The second-order valence-corrected chi connectivity index (χ2v) is 9.00. The first-order chi connectivity index (χ1) is 16.5. The van der Waals surface area contributed by atoms with E-state index in [-0.39, 0.29) is 12.7 Å².